The van der Waals surface area contributed by atoms with E-state index in [1.807, 2.05) is 19.9 Å². The van der Waals surface area contributed by atoms with Crippen LogP contribution in [0.15, 0.2) is 18.2 Å². The van der Waals surface area contributed by atoms with E-state index in [2.05, 4.69) is 5.43 Å². The van der Waals surface area contributed by atoms with E-state index < -0.39 is 0 Å². The van der Waals surface area contributed by atoms with E-state index in [9.17, 15) is 4.39 Å². The highest BCUT2D eigenvalue weighted by Crippen LogP contribution is 2.40. The van der Waals surface area contributed by atoms with Gasteiger partial charge in [0, 0.05) is 6.61 Å². The van der Waals surface area contributed by atoms with Crippen LogP contribution in [0.25, 0.3) is 0 Å². The smallest absolute Gasteiger partial charge is 0.123 e. The molecule has 3 N–H and O–H groups in total. The van der Waals surface area contributed by atoms with Gasteiger partial charge < -0.3 is 4.74 Å². The van der Waals surface area contributed by atoms with Crippen LogP contribution in [-0.2, 0) is 4.74 Å². The Morgan fingerprint density at radius 3 is 2.43 bits per heavy atom. The van der Waals surface area contributed by atoms with E-state index in [1.54, 1.807) is 6.07 Å². The van der Waals surface area contributed by atoms with Crippen LogP contribution in [0.3, 0.4) is 0 Å². The number of hydrazine groups is 1. The Bertz CT molecular complexity index is 436. The molecule has 0 saturated heterocycles. The topological polar surface area (TPSA) is 47.3 Å². The third kappa shape index (κ3) is 3.82. The molecule has 3 nitrogen and oxygen atoms in total. The lowest BCUT2D eigenvalue weighted by atomic mass is 9.82. The van der Waals surface area contributed by atoms with Crippen LogP contribution in [0.2, 0.25) is 0 Å². The first-order valence-electron chi connectivity index (χ1n) is 7.98. The van der Waals surface area contributed by atoms with Crippen molar-refractivity contribution in [2.45, 2.75) is 64.0 Å². The molecule has 0 aliphatic heterocycles. The van der Waals surface area contributed by atoms with Crippen molar-refractivity contribution >= 4 is 0 Å². The van der Waals surface area contributed by atoms with Crippen molar-refractivity contribution in [3.8, 4) is 0 Å². The number of hydrogen-bond donors (Lipinski definition) is 2. The summed E-state index contributed by atoms with van der Waals surface area (Å²) in [5.74, 6) is 5.63. The third-order valence-electron chi connectivity index (χ3n) is 4.47. The molecule has 0 radical (unpaired) electrons. The minimum absolute atomic E-state index is 0.176. The Hall–Kier alpha value is -0.970. The Labute approximate surface area is 127 Å². The van der Waals surface area contributed by atoms with Crippen molar-refractivity contribution in [2.75, 3.05) is 6.61 Å². The van der Waals surface area contributed by atoms with Crippen molar-refractivity contribution in [3.05, 3.63) is 35.1 Å². The third-order valence-corrected chi connectivity index (χ3v) is 4.47. The molecule has 1 fully saturated rings. The monoisotopic (exact) mass is 294 g/mol. The molecule has 118 valence electrons. The molecule has 1 saturated carbocycles. The van der Waals surface area contributed by atoms with Gasteiger partial charge in [-0.05, 0) is 49.9 Å². The van der Waals surface area contributed by atoms with E-state index in [4.69, 9.17) is 10.6 Å². The summed E-state index contributed by atoms with van der Waals surface area (Å²) in [4.78, 5) is 0. The summed E-state index contributed by atoms with van der Waals surface area (Å²) in [6.07, 6.45) is 6.65. The molecular weight excluding hydrogens is 267 g/mol. The Morgan fingerprint density at radius 1 is 1.24 bits per heavy atom. The molecule has 2 rings (SSSR count). The summed E-state index contributed by atoms with van der Waals surface area (Å²) >= 11 is 0. The highest BCUT2D eigenvalue weighted by atomic mass is 19.1. The molecule has 1 unspecified atom stereocenters. The zero-order chi connectivity index (χ0) is 15.3. The van der Waals surface area contributed by atoms with Crippen LogP contribution >= 0.6 is 0 Å². The van der Waals surface area contributed by atoms with Crippen molar-refractivity contribution in [3.63, 3.8) is 0 Å². The maximum Gasteiger partial charge on any atom is 0.123 e. The van der Waals surface area contributed by atoms with Gasteiger partial charge >= 0.3 is 0 Å². The normalized spacial score (nSPS) is 20.0. The van der Waals surface area contributed by atoms with E-state index in [0.29, 0.717) is 6.61 Å². The summed E-state index contributed by atoms with van der Waals surface area (Å²) in [5, 5.41) is 0. The Kier molecular flexibility index (Phi) is 5.73. The predicted octanol–water partition coefficient (Wildman–Crippen LogP) is 3.77. The molecule has 0 heterocycles. The lowest BCUT2D eigenvalue weighted by Gasteiger charge is -2.40. The highest BCUT2D eigenvalue weighted by Gasteiger charge is 2.40. The average Bonchev–Trinajstić information content (AvgIpc) is 2.65. The summed E-state index contributed by atoms with van der Waals surface area (Å²) < 4.78 is 19.9. The van der Waals surface area contributed by atoms with Crippen molar-refractivity contribution in [2.24, 2.45) is 5.84 Å². The van der Waals surface area contributed by atoms with E-state index in [0.717, 1.165) is 36.8 Å². The molecule has 1 aliphatic carbocycles. The molecule has 1 atom stereocenters. The molecule has 1 aliphatic rings. The molecular formula is C17H27FN2O. The van der Waals surface area contributed by atoms with Crippen LogP contribution in [0, 0.1) is 12.7 Å². The lowest BCUT2D eigenvalue weighted by molar-refractivity contribution is -0.0783. The fourth-order valence-electron chi connectivity index (χ4n) is 3.61. The van der Waals surface area contributed by atoms with Gasteiger partial charge in [-0.25, -0.2) is 4.39 Å². The van der Waals surface area contributed by atoms with Gasteiger partial charge in [0.2, 0.25) is 0 Å². The van der Waals surface area contributed by atoms with Gasteiger partial charge in [-0.1, -0.05) is 31.7 Å². The SMILES string of the molecule is CCOC1(C(NN)c2cc(C)cc(F)c2)CCCCCC1. The molecule has 21 heavy (non-hydrogen) atoms. The predicted molar refractivity (Wildman–Crippen MR) is 83.3 cm³/mol. The Morgan fingerprint density at radius 2 is 1.90 bits per heavy atom. The molecule has 0 aromatic heterocycles. The van der Waals surface area contributed by atoms with Gasteiger partial charge in [0.15, 0.2) is 0 Å². The number of hydrogen-bond acceptors (Lipinski definition) is 3. The summed E-state index contributed by atoms with van der Waals surface area (Å²) in [6, 6.07) is 4.94. The largest absolute Gasteiger partial charge is 0.373 e. The number of rotatable bonds is 5. The first kappa shape index (κ1) is 16.4. The maximum atomic E-state index is 13.8. The van der Waals surface area contributed by atoms with Gasteiger partial charge in [-0.15, -0.1) is 0 Å². The fourth-order valence-corrected chi connectivity index (χ4v) is 3.61. The van der Waals surface area contributed by atoms with Gasteiger partial charge in [0.05, 0.1) is 11.6 Å². The van der Waals surface area contributed by atoms with Crippen LogP contribution in [0.5, 0.6) is 0 Å². The maximum absolute atomic E-state index is 13.8. The molecule has 0 spiro atoms. The minimum Gasteiger partial charge on any atom is -0.373 e. The van der Waals surface area contributed by atoms with Gasteiger partial charge in [0.25, 0.3) is 0 Å². The zero-order valence-electron chi connectivity index (χ0n) is 13.1. The van der Waals surface area contributed by atoms with Crippen LogP contribution in [-0.4, -0.2) is 12.2 Å². The number of aryl methyl sites for hydroxylation is 1. The summed E-state index contributed by atoms with van der Waals surface area (Å²) in [5.41, 5.74) is 4.36. The van der Waals surface area contributed by atoms with Crippen LogP contribution in [0.4, 0.5) is 4.39 Å². The average molecular weight is 294 g/mol. The second kappa shape index (κ2) is 7.34. The quantitative estimate of drug-likeness (QED) is 0.494. The van der Waals surface area contributed by atoms with E-state index in [1.165, 1.54) is 18.9 Å². The molecule has 1 aromatic carbocycles. The van der Waals surface area contributed by atoms with Gasteiger partial charge in [-0.2, -0.15) is 0 Å². The first-order valence-corrected chi connectivity index (χ1v) is 7.98. The summed E-state index contributed by atoms with van der Waals surface area (Å²) in [7, 11) is 0. The Balaban J connectivity index is 2.38. The molecule has 0 amide bonds. The van der Waals surface area contributed by atoms with Gasteiger partial charge in [0.1, 0.15) is 5.82 Å². The first-order chi connectivity index (χ1) is 10.1. The molecule has 1 aromatic rings. The standard InChI is InChI=1S/C17H27FN2O/c1-3-21-17(8-6-4-5-7-9-17)16(20-19)14-10-13(2)11-15(18)12-14/h10-12,16,20H,3-9,19H2,1-2H3. The number of nitrogens with one attached hydrogen (secondary N) is 1. The summed E-state index contributed by atoms with van der Waals surface area (Å²) in [6.45, 7) is 4.56. The van der Waals surface area contributed by atoms with Crippen molar-refractivity contribution < 1.29 is 9.13 Å². The lowest BCUT2D eigenvalue weighted by Crippen LogP contribution is -2.48. The number of nitrogens with two attached hydrogens (primary N) is 1. The van der Waals surface area contributed by atoms with Crippen molar-refractivity contribution in [1.82, 2.24) is 5.43 Å². The number of ether oxygens (including phenoxy) is 1. The van der Waals surface area contributed by atoms with Crippen LogP contribution < -0.4 is 11.3 Å². The fraction of sp³-hybridized carbons (Fsp3) is 0.647. The highest BCUT2D eigenvalue weighted by molar-refractivity contribution is 5.28. The molecule has 4 heteroatoms. The van der Waals surface area contributed by atoms with E-state index >= 15 is 0 Å². The second-order valence-corrected chi connectivity index (χ2v) is 6.07. The van der Waals surface area contributed by atoms with Crippen LogP contribution in [0.1, 0.15) is 62.6 Å². The van der Waals surface area contributed by atoms with Crippen molar-refractivity contribution in [1.29, 1.82) is 0 Å². The number of halogens is 1. The number of benzene rings is 1. The molecule has 0 bridgehead atoms. The minimum atomic E-state index is -0.333. The van der Waals surface area contributed by atoms with E-state index in [-0.39, 0.29) is 17.5 Å². The zero-order valence-corrected chi connectivity index (χ0v) is 13.1. The van der Waals surface area contributed by atoms with Gasteiger partial charge in [-0.3, -0.25) is 11.3 Å². The second-order valence-electron chi connectivity index (χ2n) is 6.07.